The first-order valence-corrected chi connectivity index (χ1v) is 9.35. The summed E-state index contributed by atoms with van der Waals surface area (Å²) in [7, 11) is 0. The molecule has 8 heteroatoms. The second kappa shape index (κ2) is 7.12. The zero-order valence-corrected chi connectivity index (χ0v) is 15.6. The van der Waals surface area contributed by atoms with Gasteiger partial charge in [-0.2, -0.15) is 0 Å². The van der Waals surface area contributed by atoms with Gasteiger partial charge in [0.1, 0.15) is 22.6 Å². The zero-order valence-electron chi connectivity index (χ0n) is 15.6. The number of carbonyl (C=O) groups excluding carboxylic acids is 3. The highest BCUT2D eigenvalue weighted by Gasteiger charge is 2.52. The van der Waals surface area contributed by atoms with Crippen molar-refractivity contribution >= 4 is 29.2 Å². The summed E-state index contributed by atoms with van der Waals surface area (Å²) in [6.45, 7) is -0.581. The van der Waals surface area contributed by atoms with Crippen molar-refractivity contribution in [3.63, 3.8) is 0 Å². The van der Waals surface area contributed by atoms with Gasteiger partial charge in [-0.3, -0.25) is 14.5 Å². The molecule has 1 fully saturated rings. The Morgan fingerprint density at radius 2 is 1.83 bits per heavy atom. The molecule has 2 aliphatic rings. The van der Waals surface area contributed by atoms with Gasteiger partial charge in [0.2, 0.25) is 0 Å². The highest BCUT2D eigenvalue weighted by molar-refractivity contribution is 6.15. The van der Waals surface area contributed by atoms with Crippen molar-refractivity contribution in [3.8, 4) is 11.5 Å². The number of hydrogen-bond acceptors (Lipinski definition) is 6. The van der Waals surface area contributed by atoms with E-state index in [9.17, 15) is 24.6 Å². The number of benzene rings is 2. The van der Waals surface area contributed by atoms with Crippen molar-refractivity contribution in [1.29, 1.82) is 0 Å². The van der Waals surface area contributed by atoms with Crippen molar-refractivity contribution in [2.24, 2.45) is 0 Å². The second-order valence-corrected chi connectivity index (χ2v) is 7.22. The molecule has 4 rings (SSSR count). The largest absolute Gasteiger partial charge is 0.508 e. The predicted octanol–water partition coefficient (Wildman–Crippen LogP) is 2.55. The molecule has 1 aliphatic carbocycles. The number of phenols is 2. The number of phenolic OH excluding ortho intramolecular Hbond substituents is 2. The summed E-state index contributed by atoms with van der Waals surface area (Å²) in [4.78, 5) is 39.7. The Balaban J connectivity index is 1.59. The number of fused-ring (bicyclic) bond motifs is 1. The van der Waals surface area contributed by atoms with Crippen LogP contribution in [0.3, 0.4) is 0 Å². The number of aromatic hydroxyl groups is 2. The topological polar surface area (TPSA) is 116 Å². The third kappa shape index (κ3) is 3.16. The fourth-order valence-corrected chi connectivity index (χ4v) is 4.09. The molecule has 0 radical (unpaired) electrons. The Morgan fingerprint density at radius 3 is 2.55 bits per heavy atom. The van der Waals surface area contributed by atoms with Crippen LogP contribution in [-0.2, 0) is 14.3 Å². The van der Waals surface area contributed by atoms with Crippen molar-refractivity contribution in [1.82, 2.24) is 0 Å². The first kappa shape index (κ1) is 18.8. The smallest absolute Gasteiger partial charge is 0.342 e. The van der Waals surface area contributed by atoms with E-state index in [0.717, 1.165) is 18.9 Å². The monoisotopic (exact) mass is 396 g/mol. The predicted molar refractivity (Wildman–Crippen MR) is 104 cm³/mol. The molecule has 0 saturated heterocycles. The fraction of sp³-hybridized carbons (Fsp3) is 0.286. The SMILES string of the molecule is O=C(OCC(=O)N1c2ccccc2NC(=O)C12CCCC2)c1ccc(O)cc1O. The van der Waals surface area contributed by atoms with Crippen molar-refractivity contribution in [2.45, 2.75) is 31.2 Å². The van der Waals surface area contributed by atoms with Crippen LogP contribution in [-0.4, -0.2) is 40.1 Å². The molecular weight excluding hydrogens is 376 g/mol. The van der Waals surface area contributed by atoms with Crippen LogP contribution in [0.15, 0.2) is 42.5 Å². The maximum atomic E-state index is 13.1. The van der Waals surface area contributed by atoms with Gasteiger partial charge in [-0.05, 0) is 37.1 Å². The van der Waals surface area contributed by atoms with Crippen molar-refractivity contribution < 1.29 is 29.3 Å². The molecule has 0 bridgehead atoms. The molecule has 0 aromatic heterocycles. The molecule has 1 saturated carbocycles. The average molecular weight is 396 g/mol. The molecular formula is C21H20N2O6. The number of nitrogens with one attached hydrogen (secondary N) is 1. The molecule has 2 aromatic carbocycles. The molecule has 2 aromatic rings. The Bertz CT molecular complexity index is 996. The van der Waals surface area contributed by atoms with E-state index in [2.05, 4.69) is 5.32 Å². The first-order chi connectivity index (χ1) is 13.9. The number of anilines is 2. The van der Waals surface area contributed by atoms with Gasteiger partial charge in [0.15, 0.2) is 6.61 Å². The van der Waals surface area contributed by atoms with Crippen molar-refractivity contribution in [2.75, 3.05) is 16.8 Å². The Kier molecular flexibility index (Phi) is 4.62. The fourth-order valence-electron chi connectivity index (χ4n) is 4.09. The maximum Gasteiger partial charge on any atom is 0.342 e. The molecule has 29 heavy (non-hydrogen) atoms. The number of amides is 2. The van der Waals surface area contributed by atoms with E-state index in [1.54, 1.807) is 24.3 Å². The zero-order chi connectivity index (χ0) is 20.6. The van der Waals surface area contributed by atoms with Gasteiger partial charge in [0.25, 0.3) is 11.8 Å². The molecule has 1 aliphatic heterocycles. The van der Waals surface area contributed by atoms with E-state index in [4.69, 9.17) is 4.74 Å². The lowest BCUT2D eigenvalue weighted by Crippen LogP contribution is -2.61. The van der Waals surface area contributed by atoms with E-state index >= 15 is 0 Å². The average Bonchev–Trinajstić information content (AvgIpc) is 3.17. The lowest BCUT2D eigenvalue weighted by Gasteiger charge is -2.44. The molecule has 150 valence electrons. The van der Waals surface area contributed by atoms with E-state index in [0.29, 0.717) is 24.2 Å². The van der Waals surface area contributed by atoms with Gasteiger partial charge >= 0.3 is 5.97 Å². The molecule has 1 spiro atoms. The van der Waals surface area contributed by atoms with E-state index in [1.165, 1.54) is 17.0 Å². The number of ether oxygens (including phenoxy) is 1. The Morgan fingerprint density at radius 1 is 1.10 bits per heavy atom. The van der Waals surface area contributed by atoms with E-state index in [-0.39, 0.29) is 17.2 Å². The normalized spacial score (nSPS) is 17.0. The summed E-state index contributed by atoms with van der Waals surface area (Å²) in [5, 5.41) is 22.0. The van der Waals surface area contributed by atoms with E-state index in [1.807, 2.05) is 0 Å². The third-order valence-corrected chi connectivity index (χ3v) is 5.45. The maximum absolute atomic E-state index is 13.1. The van der Waals surface area contributed by atoms with Crippen LogP contribution in [0.4, 0.5) is 11.4 Å². The van der Waals surface area contributed by atoms with Crippen LogP contribution in [0.1, 0.15) is 36.0 Å². The van der Waals surface area contributed by atoms with Gasteiger partial charge in [-0.15, -0.1) is 0 Å². The molecule has 2 amide bonds. The van der Waals surface area contributed by atoms with Crippen molar-refractivity contribution in [3.05, 3.63) is 48.0 Å². The number of carbonyl (C=O) groups is 3. The lowest BCUT2D eigenvalue weighted by molar-refractivity contribution is -0.129. The van der Waals surface area contributed by atoms with Crippen LogP contribution in [0.25, 0.3) is 0 Å². The summed E-state index contributed by atoms with van der Waals surface area (Å²) >= 11 is 0. The molecule has 0 atom stereocenters. The minimum Gasteiger partial charge on any atom is -0.508 e. The highest BCUT2D eigenvalue weighted by atomic mass is 16.5. The standard InChI is InChI=1S/C21H20N2O6/c24-13-7-8-14(17(25)11-13)19(27)29-12-18(26)23-16-6-2-1-5-15(16)22-20(28)21(23)9-3-4-10-21/h1-2,5-8,11,24-25H,3-4,9-10,12H2,(H,22,28). The number of esters is 1. The molecule has 3 N–H and O–H groups in total. The lowest BCUT2D eigenvalue weighted by atomic mass is 9.90. The second-order valence-electron chi connectivity index (χ2n) is 7.22. The van der Waals surface area contributed by atoms with Gasteiger partial charge in [0.05, 0.1) is 11.4 Å². The number of hydrogen-bond donors (Lipinski definition) is 3. The summed E-state index contributed by atoms with van der Waals surface area (Å²) < 4.78 is 5.11. The van der Waals surface area contributed by atoms with Gasteiger partial charge in [-0.1, -0.05) is 25.0 Å². The third-order valence-electron chi connectivity index (χ3n) is 5.45. The molecule has 0 unspecified atom stereocenters. The highest BCUT2D eigenvalue weighted by Crippen LogP contribution is 2.45. The summed E-state index contributed by atoms with van der Waals surface area (Å²) in [6.07, 6.45) is 2.71. The van der Waals surface area contributed by atoms with Gasteiger partial charge in [0, 0.05) is 6.07 Å². The minimum atomic E-state index is -0.988. The Labute approximate surface area is 166 Å². The number of nitrogens with zero attached hydrogens (tertiary/aromatic N) is 1. The minimum absolute atomic E-state index is 0.164. The summed E-state index contributed by atoms with van der Waals surface area (Å²) in [5.41, 5.74) is -0.0465. The molecule has 8 nitrogen and oxygen atoms in total. The summed E-state index contributed by atoms with van der Waals surface area (Å²) in [6, 6.07) is 10.5. The van der Waals surface area contributed by atoms with E-state index < -0.39 is 29.8 Å². The van der Waals surface area contributed by atoms with Crippen LogP contribution < -0.4 is 10.2 Å². The first-order valence-electron chi connectivity index (χ1n) is 9.35. The van der Waals surface area contributed by atoms with Gasteiger partial charge in [-0.25, -0.2) is 4.79 Å². The molecule has 1 heterocycles. The summed E-state index contributed by atoms with van der Waals surface area (Å²) in [5.74, 6) is -2.29. The van der Waals surface area contributed by atoms with Crippen LogP contribution in [0.2, 0.25) is 0 Å². The van der Waals surface area contributed by atoms with Gasteiger partial charge < -0.3 is 20.3 Å². The van der Waals surface area contributed by atoms with Crippen LogP contribution in [0, 0.1) is 0 Å². The van der Waals surface area contributed by atoms with Crippen LogP contribution in [0.5, 0.6) is 11.5 Å². The Hall–Kier alpha value is -3.55. The quantitative estimate of drug-likeness (QED) is 0.687. The number of para-hydroxylation sites is 2. The number of rotatable bonds is 3. The van der Waals surface area contributed by atoms with Crippen LogP contribution >= 0.6 is 0 Å².